The van der Waals surface area contributed by atoms with Gasteiger partial charge in [0.2, 0.25) is 0 Å². The number of hydrogen-bond donors (Lipinski definition) is 1. The molecule has 5 heteroatoms. The molecule has 21 heavy (non-hydrogen) atoms. The number of H-pyrrole nitrogens is 1. The summed E-state index contributed by atoms with van der Waals surface area (Å²) in [5.41, 5.74) is 2.39. The second-order valence-corrected chi connectivity index (χ2v) is 5.69. The number of aromatic nitrogens is 1. The van der Waals surface area contributed by atoms with Crippen LogP contribution < -0.4 is 0 Å². The maximum absolute atomic E-state index is 12.7. The number of amides is 1. The van der Waals surface area contributed by atoms with Crippen molar-refractivity contribution < 1.29 is 14.3 Å². The Hall–Kier alpha value is -1.78. The van der Waals surface area contributed by atoms with Crippen LogP contribution >= 0.6 is 0 Å². The fraction of sp³-hybridized carbons (Fsp3) is 0.625. The van der Waals surface area contributed by atoms with Gasteiger partial charge >= 0.3 is 5.97 Å². The van der Waals surface area contributed by atoms with Gasteiger partial charge in [-0.05, 0) is 52.5 Å². The van der Waals surface area contributed by atoms with Crippen LogP contribution in [0.4, 0.5) is 0 Å². The first kappa shape index (κ1) is 15.6. The number of nitrogens with one attached hydrogen (secondary N) is 1. The Kier molecular flexibility index (Phi) is 4.70. The number of nitrogens with zero attached hydrogens (tertiary/aromatic N) is 1. The zero-order chi connectivity index (χ0) is 15.6. The highest BCUT2D eigenvalue weighted by atomic mass is 16.5. The first-order valence-corrected chi connectivity index (χ1v) is 7.64. The van der Waals surface area contributed by atoms with Crippen LogP contribution in [0, 0.1) is 13.8 Å². The largest absolute Gasteiger partial charge is 0.462 e. The molecule has 0 saturated carbocycles. The molecule has 1 aromatic heterocycles. The van der Waals surface area contributed by atoms with Gasteiger partial charge < -0.3 is 14.6 Å². The van der Waals surface area contributed by atoms with Gasteiger partial charge in [-0.25, -0.2) is 4.79 Å². The number of rotatable bonds is 3. The maximum atomic E-state index is 12.7. The number of ether oxygens (including phenoxy) is 1. The van der Waals surface area contributed by atoms with Crippen LogP contribution in [0.1, 0.15) is 65.2 Å². The molecule has 1 N–H and O–H groups in total. The Labute approximate surface area is 125 Å². The molecule has 1 unspecified atom stereocenters. The molecule has 2 heterocycles. The lowest BCUT2D eigenvalue weighted by Gasteiger charge is -2.33. The summed E-state index contributed by atoms with van der Waals surface area (Å²) in [6.45, 7) is 8.57. The number of likely N-dealkylation sites (tertiary alicyclic amines) is 1. The van der Waals surface area contributed by atoms with Crippen LogP contribution in [0.15, 0.2) is 0 Å². The minimum Gasteiger partial charge on any atom is -0.462 e. The molecule has 0 radical (unpaired) electrons. The average Bonchev–Trinajstić information content (AvgIpc) is 2.74. The smallest absolute Gasteiger partial charge is 0.340 e. The topological polar surface area (TPSA) is 62.4 Å². The molecule has 2 rings (SSSR count). The molecular formula is C16H24N2O3. The third-order valence-electron chi connectivity index (χ3n) is 4.19. The van der Waals surface area contributed by atoms with Crippen LogP contribution in [0.5, 0.6) is 0 Å². The molecule has 0 aliphatic carbocycles. The zero-order valence-electron chi connectivity index (χ0n) is 13.3. The Bertz CT molecular complexity index is 548. The SMILES string of the molecule is CCOC(=O)c1c(C)[nH]c(C(=O)N2CCCCC2C)c1C. The second kappa shape index (κ2) is 6.33. The summed E-state index contributed by atoms with van der Waals surface area (Å²) in [5, 5.41) is 0. The standard InChI is InChI=1S/C16H24N2O3/c1-5-21-16(20)13-11(3)14(17-12(13)4)15(19)18-9-7-6-8-10(18)2/h10,17H,5-9H2,1-4H3. The number of carbonyl (C=O) groups is 2. The Morgan fingerprint density at radius 2 is 2.05 bits per heavy atom. The van der Waals surface area contributed by atoms with Crippen LogP contribution in [0.3, 0.4) is 0 Å². The van der Waals surface area contributed by atoms with Crippen molar-refractivity contribution in [1.82, 2.24) is 9.88 Å². The molecule has 1 aliphatic rings. The second-order valence-electron chi connectivity index (χ2n) is 5.69. The molecule has 5 nitrogen and oxygen atoms in total. The van der Waals surface area contributed by atoms with Gasteiger partial charge in [0.05, 0.1) is 12.2 Å². The molecule has 1 atom stereocenters. The van der Waals surface area contributed by atoms with Crippen molar-refractivity contribution in [3.05, 3.63) is 22.5 Å². The molecule has 1 saturated heterocycles. The van der Waals surface area contributed by atoms with E-state index < -0.39 is 0 Å². The minimum atomic E-state index is -0.366. The molecule has 1 aromatic rings. The van der Waals surface area contributed by atoms with Gasteiger partial charge in [-0.15, -0.1) is 0 Å². The quantitative estimate of drug-likeness (QED) is 0.871. The molecule has 0 bridgehead atoms. The summed E-state index contributed by atoms with van der Waals surface area (Å²) in [7, 11) is 0. The fourth-order valence-electron chi connectivity index (χ4n) is 3.02. The van der Waals surface area contributed by atoms with E-state index >= 15 is 0 Å². The normalized spacial score (nSPS) is 18.7. The van der Waals surface area contributed by atoms with E-state index in [0.29, 0.717) is 29.1 Å². The van der Waals surface area contributed by atoms with Crippen molar-refractivity contribution in [2.75, 3.05) is 13.2 Å². The first-order chi connectivity index (χ1) is 9.97. The van der Waals surface area contributed by atoms with Crippen LogP contribution in [-0.4, -0.2) is 41.0 Å². The number of hydrogen-bond acceptors (Lipinski definition) is 3. The van der Waals surface area contributed by atoms with Crippen molar-refractivity contribution >= 4 is 11.9 Å². The molecule has 0 aromatic carbocycles. The summed E-state index contributed by atoms with van der Waals surface area (Å²) in [4.78, 5) is 29.7. The van der Waals surface area contributed by atoms with E-state index in [1.165, 1.54) is 6.42 Å². The fourth-order valence-corrected chi connectivity index (χ4v) is 3.02. The number of aromatic amines is 1. The molecule has 1 aliphatic heterocycles. The Morgan fingerprint density at radius 3 is 2.67 bits per heavy atom. The van der Waals surface area contributed by atoms with Crippen molar-refractivity contribution in [3.63, 3.8) is 0 Å². The summed E-state index contributed by atoms with van der Waals surface area (Å²) >= 11 is 0. The van der Waals surface area contributed by atoms with Gasteiger partial charge in [0.25, 0.3) is 5.91 Å². The van der Waals surface area contributed by atoms with Crippen molar-refractivity contribution in [2.24, 2.45) is 0 Å². The lowest BCUT2D eigenvalue weighted by Crippen LogP contribution is -2.42. The highest BCUT2D eigenvalue weighted by molar-refractivity contribution is 6.00. The number of esters is 1. The predicted molar refractivity (Wildman–Crippen MR) is 80.6 cm³/mol. The summed E-state index contributed by atoms with van der Waals surface area (Å²) < 4.78 is 5.07. The van der Waals surface area contributed by atoms with Gasteiger partial charge in [-0.1, -0.05) is 0 Å². The highest BCUT2D eigenvalue weighted by Gasteiger charge is 2.29. The third-order valence-corrected chi connectivity index (χ3v) is 4.19. The molecule has 1 fully saturated rings. The molecule has 0 spiro atoms. The van der Waals surface area contributed by atoms with Gasteiger partial charge in [-0.3, -0.25) is 4.79 Å². The molecule has 116 valence electrons. The van der Waals surface area contributed by atoms with E-state index in [2.05, 4.69) is 11.9 Å². The monoisotopic (exact) mass is 292 g/mol. The summed E-state index contributed by atoms with van der Waals surface area (Å²) in [6, 6.07) is 0.250. The van der Waals surface area contributed by atoms with Crippen LogP contribution in [-0.2, 0) is 4.74 Å². The van der Waals surface area contributed by atoms with Gasteiger partial charge in [-0.2, -0.15) is 0 Å². The predicted octanol–water partition coefficient (Wildman–Crippen LogP) is 2.82. The van der Waals surface area contributed by atoms with E-state index in [4.69, 9.17) is 4.74 Å². The van der Waals surface area contributed by atoms with Crippen molar-refractivity contribution in [3.8, 4) is 0 Å². The average molecular weight is 292 g/mol. The van der Waals surface area contributed by atoms with E-state index in [1.807, 2.05) is 4.90 Å². The lowest BCUT2D eigenvalue weighted by molar-refractivity contribution is 0.0525. The Morgan fingerprint density at radius 1 is 1.33 bits per heavy atom. The van der Waals surface area contributed by atoms with E-state index in [0.717, 1.165) is 19.4 Å². The maximum Gasteiger partial charge on any atom is 0.340 e. The number of piperidine rings is 1. The summed E-state index contributed by atoms with van der Waals surface area (Å²) in [6.07, 6.45) is 3.25. The van der Waals surface area contributed by atoms with Crippen LogP contribution in [0.25, 0.3) is 0 Å². The molecule has 1 amide bonds. The van der Waals surface area contributed by atoms with E-state index in [9.17, 15) is 9.59 Å². The number of carbonyl (C=O) groups excluding carboxylic acids is 2. The number of aryl methyl sites for hydroxylation is 1. The Balaban J connectivity index is 2.30. The highest BCUT2D eigenvalue weighted by Crippen LogP contribution is 2.24. The van der Waals surface area contributed by atoms with Crippen LogP contribution in [0.2, 0.25) is 0 Å². The minimum absolute atomic E-state index is 0.0154. The van der Waals surface area contributed by atoms with E-state index in [-0.39, 0.29) is 17.9 Å². The third kappa shape index (κ3) is 2.96. The summed E-state index contributed by atoms with van der Waals surface area (Å²) in [5.74, 6) is -0.382. The zero-order valence-corrected chi connectivity index (χ0v) is 13.3. The first-order valence-electron chi connectivity index (χ1n) is 7.64. The van der Waals surface area contributed by atoms with Gasteiger partial charge in [0.1, 0.15) is 5.69 Å². The van der Waals surface area contributed by atoms with Crippen molar-refractivity contribution in [1.29, 1.82) is 0 Å². The van der Waals surface area contributed by atoms with E-state index in [1.54, 1.807) is 20.8 Å². The van der Waals surface area contributed by atoms with Gasteiger partial charge in [0.15, 0.2) is 0 Å². The van der Waals surface area contributed by atoms with Gasteiger partial charge in [0, 0.05) is 18.3 Å². The lowest BCUT2D eigenvalue weighted by atomic mass is 10.0. The molecular weight excluding hydrogens is 268 g/mol. The van der Waals surface area contributed by atoms with Crippen molar-refractivity contribution in [2.45, 2.75) is 53.0 Å².